The molecule has 2 aliphatic heterocycles. The third kappa shape index (κ3) is 3.26. The third-order valence-electron chi connectivity index (χ3n) is 6.71. The number of nitrogens with zero attached hydrogens (tertiary/aromatic N) is 3. The van der Waals surface area contributed by atoms with Crippen molar-refractivity contribution >= 4 is 22.7 Å². The van der Waals surface area contributed by atoms with Gasteiger partial charge in [0.05, 0.1) is 10.9 Å². The molecular formula is C24H23FN4O4. The van der Waals surface area contributed by atoms with Gasteiger partial charge in [0.15, 0.2) is 5.72 Å². The van der Waals surface area contributed by atoms with Crippen LogP contribution in [0.3, 0.4) is 0 Å². The highest BCUT2D eigenvalue weighted by atomic mass is 19.1. The number of rotatable bonds is 4. The van der Waals surface area contributed by atoms with E-state index in [2.05, 4.69) is 4.98 Å². The Balaban J connectivity index is 1.52. The molecule has 2 aromatic carbocycles. The molecule has 8 nitrogen and oxygen atoms in total. The van der Waals surface area contributed by atoms with Crippen molar-refractivity contribution in [3.63, 3.8) is 0 Å². The number of carbonyl (C=O) groups excluding carboxylic acids is 2. The first kappa shape index (κ1) is 21.1. The monoisotopic (exact) mass is 450 g/mol. The molecule has 9 heteroatoms. The molecule has 3 aromatic rings. The minimum Gasteiger partial charge on any atom is -0.468 e. The third-order valence-corrected chi connectivity index (χ3v) is 6.71. The van der Waals surface area contributed by atoms with Crippen LogP contribution >= 0.6 is 0 Å². The van der Waals surface area contributed by atoms with Crippen molar-refractivity contribution in [2.24, 2.45) is 11.7 Å². The predicted molar refractivity (Wildman–Crippen MR) is 118 cm³/mol. The lowest BCUT2D eigenvalue weighted by atomic mass is 9.73. The first-order valence-corrected chi connectivity index (χ1v) is 10.7. The molecule has 0 spiro atoms. The molecule has 3 heterocycles. The molecule has 2 aliphatic rings. The average Bonchev–Trinajstić information content (AvgIpc) is 2.75. The van der Waals surface area contributed by atoms with E-state index in [1.165, 1.54) is 21.6 Å². The van der Waals surface area contributed by atoms with Crippen molar-refractivity contribution in [3.05, 3.63) is 70.0 Å². The second-order valence-corrected chi connectivity index (χ2v) is 8.77. The Hall–Kier alpha value is -3.75. The van der Waals surface area contributed by atoms with Crippen molar-refractivity contribution in [2.75, 3.05) is 6.54 Å². The van der Waals surface area contributed by atoms with Gasteiger partial charge in [-0.05, 0) is 43.7 Å². The van der Waals surface area contributed by atoms with Crippen LogP contribution in [0.25, 0.3) is 10.9 Å². The molecule has 33 heavy (non-hydrogen) atoms. The standard InChI is InChI=1S/C24H23FN4O4/c1-13-27-18-8-7-14(25)11-16(18)22(31)28(13)9-10-29-23(32)20(21(26)30)17-12-24(29,2)33-19-6-4-3-5-15(17)19/h3-8,11,17,20H,9-10,12H2,1-2H3,(H2,26,30)/t17-,20-,24+/m0/s1. The van der Waals surface area contributed by atoms with Gasteiger partial charge in [0.25, 0.3) is 5.56 Å². The molecule has 2 bridgehead atoms. The molecule has 2 N–H and O–H groups in total. The van der Waals surface area contributed by atoms with Gasteiger partial charge in [0, 0.05) is 25.4 Å². The van der Waals surface area contributed by atoms with Crippen molar-refractivity contribution in [3.8, 4) is 5.75 Å². The molecule has 0 aliphatic carbocycles. The quantitative estimate of drug-likeness (QED) is 0.613. The number of amides is 2. The first-order valence-electron chi connectivity index (χ1n) is 10.7. The number of primary amides is 1. The van der Waals surface area contributed by atoms with Crippen LogP contribution in [0.15, 0.2) is 47.3 Å². The number of fused-ring (bicyclic) bond motifs is 5. The summed E-state index contributed by atoms with van der Waals surface area (Å²) in [7, 11) is 0. The van der Waals surface area contributed by atoms with E-state index in [9.17, 15) is 18.8 Å². The van der Waals surface area contributed by atoms with E-state index in [-0.39, 0.29) is 24.4 Å². The topological polar surface area (TPSA) is 108 Å². The molecule has 0 saturated carbocycles. The number of halogens is 1. The number of hydrogen-bond donors (Lipinski definition) is 1. The van der Waals surface area contributed by atoms with Crippen LogP contribution < -0.4 is 16.0 Å². The Morgan fingerprint density at radius 1 is 1.24 bits per heavy atom. The number of piperidine rings is 1. The molecule has 2 amide bonds. The second-order valence-electron chi connectivity index (χ2n) is 8.77. The molecule has 0 unspecified atom stereocenters. The normalized spacial score (nSPS) is 23.8. The first-order chi connectivity index (χ1) is 15.7. The summed E-state index contributed by atoms with van der Waals surface area (Å²) in [6.07, 6.45) is 0.401. The Morgan fingerprint density at radius 2 is 2.00 bits per heavy atom. The highest BCUT2D eigenvalue weighted by Gasteiger charge is 2.55. The summed E-state index contributed by atoms with van der Waals surface area (Å²) in [5, 5.41) is 0.162. The number of aromatic nitrogens is 2. The lowest BCUT2D eigenvalue weighted by molar-refractivity contribution is -0.175. The highest BCUT2D eigenvalue weighted by Crippen LogP contribution is 2.49. The summed E-state index contributed by atoms with van der Waals surface area (Å²) in [5.41, 5.74) is 5.45. The zero-order valence-corrected chi connectivity index (χ0v) is 18.2. The summed E-state index contributed by atoms with van der Waals surface area (Å²) < 4.78 is 21.4. The zero-order chi connectivity index (χ0) is 23.5. The summed E-state index contributed by atoms with van der Waals surface area (Å²) in [5.74, 6) is -2.00. The van der Waals surface area contributed by atoms with Gasteiger partial charge < -0.3 is 15.4 Å². The zero-order valence-electron chi connectivity index (χ0n) is 18.2. The Bertz CT molecular complexity index is 1370. The van der Waals surface area contributed by atoms with E-state index in [0.29, 0.717) is 23.5 Å². The number of benzene rings is 2. The fourth-order valence-electron chi connectivity index (χ4n) is 5.15. The Labute approximate surface area is 188 Å². The van der Waals surface area contributed by atoms with Crippen LogP contribution in [-0.2, 0) is 16.1 Å². The van der Waals surface area contributed by atoms with Crippen LogP contribution in [0.1, 0.15) is 30.7 Å². The summed E-state index contributed by atoms with van der Waals surface area (Å²) in [6.45, 7) is 3.68. The minimum absolute atomic E-state index is 0.0945. The van der Waals surface area contributed by atoms with Crippen molar-refractivity contribution in [1.29, 1.82) is 0 Å². The molecule has 1 aromatic heterocycles. The van der Waals surface area contributed by atoms with Gasteiger partial charge in [-0.25, -0.2) is 9.37 Å². The van der Waals surface area contributed by atoms with Gasteiger partial charge >= 0.3 is 0 Å². The van der Waals surface area contributed by atoms with E-state index in [4.69, 9.17) is 10.5 Å². The van der Waals surface area contributed by atoms with E-state index >= 15 is 0 Å². The van der Waals surface area contributed by atoms with E-state index in [1.54, 1.807) is 13.8 Å². The van der Waals surface area contributed by atoms with Crippen LogP contribution in [0, 0.1) is 18.7 Å². The van der Waals surface area contributed by atoms with E-state index in [0.717, 1.165) is 11.6 Å². The Kier molecular flexibility index (Phi) is 4.73. The molecule has 5 rings (SSSR count). The fourth-order valence-corrected chi connectivity index (χ4v) is 5.15. The molecule has 0 radical (unpaired) electrons. The number of para-hydroxylation sites is 1. The number of likely N-dealkylation sites (tertiary alicyclic amines) is 1. The maximum Gasteiger partial charge on any atom is 0.261 e. The molecular weight excluding hydrogens is 427 g/mol. The Morgan fingerprint density at radius 3 is 2.76 bits per heavy atom. The lowest BCUT2D eigenvalue weighted by Gasteiger charge is -2.52. The molecule has 1 saturated heterocycles. The SMILES string of the molecule is Cc1nc2ccc(F)cc2c(=O)n1CCN1C(=O)[C@H](C(N)=O)[C@H]2C[C@@]1(C)Oc1ccccc12. The predicted octanol–water partition coefficient (Wildman–Crippen LogP) is 2.07. The number of hydrogen-bond acceptors (Lipinski definition) is 5. The molecule has 1 fully saturated rings. The number of aryl methyl sites for hydroxylation is 1. The highest BCUT2D eigenvalue weighted by molar-refractivity contribution is 6.01. The number of nitrogens with two attached hydrogens (primary N) is 1. The number of ether oxygens (including phenoxy) is 1. The van der Waals surface area contributed by atoms with E-state index in [1.807, 2.05) is 24.3 Å². The average molecular weight is 450 g/mol. The van der Waals surface area contributed by atoms with Gasteiger partial charge in [0.1, 0.15) is 23.3 Å². The van der Waals surface area contributed by atoms with Crippen LogP contribution in [0.4, 0.5) is 4.39 Å². The minimum atomic E-state index is -1.02. The molecule has 170 valence electrons. The summed E-state index contributed by atoms with van der Waals surface area (Å²) >= 11 is 0. The maximum absolute atomic E-state index is 13.7. The van der Waals surface area contributed by atoms with Crippen LogP contribution in [-0.4, -0.2) is 38.5 Å². The lowest BCUT2D eigenvalue weighted by Crippen LogP contribution is -2.65. The summed E-state index contributed by atoms with van der Waals surface area (Å²) in [6, 6.07) is 11.2. The summed E-state index contributed by atoms with van der Waals surface area (Å²) in [4.78, 5) is 44.7. The largest absolute Gasteiger partial charge is 0.468 e. The fraction of sp³-hybridized carbons (Fsp3) is 0.333. The van der Waals surface area contributed by atoms with Gasteiger partial charge in [-0.2, -0.15) is 0 Å². The van der Waals surface area contributed by atoms with Crippen molar-refractivity contribution < 1.29 is 18.7 Å². The second kappa shape index (κ2) is 7.40. The molecule has 3 atom stereocenters. The van der Waals surface area contributed by atoms with Gasteiger partial charge in [-0.15, -0.1) is 0 Å². The van der Waals surface area contributed by atoms with Gasteiger partial charge in [-0.1, -0.05) is 18.2 Å². The smallest absolute Gasteiger partial charge is 0.261 e. The van der Waals surface area contributed by atoms with Crippen LogP contribution in [0.2, 0.25) is 0 Å². The van der Waals surface area contributed by atoms with Gasteiger partial charge in [-0.3, -0.25) is 19.0 Å². The van der Waals surface area contributed by atoms with Crippen LogP contribution in [0.5, 0.6) is 5.75 Å². The maximum atomic E-state index is 13.7. The van der Waals surface area contributed by atoms with Crippen molar-refractivity contribution in [2.45, 2.75) is 38.5 Å². The van der Waals surface area contributed by atoms with Crippen molar-refractivity contribution in [1.82, 2.24) is 14.5 Å². The van der Waals surface area contributed by atoms with E-state index < -0.39 is 34.8 Å². The van der Waals surface area contributed by atoms with Gasteiger partial charge in [0.2, 0.25) is 11.8 Å². The number of carbonyl (C=O) groups is 2.